The summed E-state index contributed by atoms with van der Waals surface area (Å²) in [6, 6.07) is 6.09. The molecule has 100 valence electrons. The topological polar surface area (TPSA) is 59.0 Å². The molecule has 1 heterocycles. The van der Waals surface area contributed by atoms with Gasteiger partial charge in [-0.15, -0.1) is 0 Å². The molecular formula is C13H15FN4O. The van der Waals surface area contributed by atoms with Gasteiger partial charge in [-0.25, -0.2) is 9.18 Å². The number of carbonyl (C=O) groups is 1. The maximum absolute atomic E-state index is 13.1. The predicted molar refractivity (Wildman–Crippen MR) is 70.2 cm³/mol. The number of aryl methyl sites for hydroxylation is 2. The molecule has 1 aromatic carbocycles. The molecule has 1 aromatic heterocycles. The SMILES string of the molecule is Cc1cc(CNC(=O)Nc2ccn(C)n2)ccc1F. The van der Waals surface area contributed by atoms with Crippen molar-refractivity contribution in [3.05, 3.63) is 47.4 Å². The number of anilines is 1. The summed E-state index contributed by atoms with van der Waals surface area (Å²) in [5, 5.41) is 9.31. The molecule has 0 spiro atoms. The molecule has 2 aromatic rings. The molecule has 0 atom stereocenters. The summed E-state index contributed by atoms with van der Waals surface area (Å²) < 4.78 is 14.7. The van der Waals surface area contributed by atoms with Gasteiger partial charge in [0.2, 0.25) is 0 Å². The van der Waals surface area contributed by atoms with E-state index in [1.807, 2.05) is 0 Å². The monoisotopic (exact) mass is 262 g/mol. The van der Waals surface area contributed by atoms with Crippen LogP contribution in [0.3, 0.4) is 0 Å². The van der Waals surface area contributed by atoms with E-state index in [1.165, 1.54) is 6.07 Å². The van der Waals surface area contributed by atoms with E-state index in [4.69, 9.17) is 0 Å². The molecule has 19 heavy (non-hydrogen) atoms. The molecule has 0 saturated heterocycles. The van der Waals surface area contributed by atoms with Crippen LogP contribution >= 0.6 is 0 Å². The summed E-state index contributed by atoms with van der Waals surface area (Å²) in [6.45, 7) is 2.02. The van der Waals surface area contributed by atoms with Crippen LogP contribution in [0.4, 0.5) is 15.0 Å². The number of rotatable bonds is 3. The van der Waals surface area contributed by atoms with Crippen LogP contribution in [0.1, 0.15) is 11.1 Å². The first-order chi connectivity index (χ1) is 9.04. The maximum atomic E-state index is 13.1. The maximum Gasteiger partial charge on any atom is 0.320 e. The van der Waals surface area contributed by atoms with Crippen LogP contribution in [0.2, 0.25) is 0 Å². The van der Waals surface area contributed by atoms with Gasteiger partial charge in [0.05, 0.1) is 0 Å². The van der Waals surface area contributed by atoms with Crippen molar-refractivity contribution in [1.82, 2.24) is 15.1 Å². The Morgan fingerprint density at radius 2 is 2.21 bits per heavy atom. The van der Waals surface area contributed by atoms with Crippen molar-refractivity contribution < 1.29 is 9.18 Å². The summed E-state index contributed by atoms with van der Waals surface area (Å²) in [6.07, 6.45) is 1.74. The number of benzene rings is 1. The summed E-state index contributed by atoms with van der Waals surface area (Å²) >= 11 is 0. The number of amides is 2. The second kappa shape index (κ2) is 5.51. The fourth-order valence-corrected chi connectivity index (χ4v) is 1.64. The Kier molecular flexibility index (Phi) is 3.79. The number of nitrogens with zero attached hydrogens (tertiary/aromatic N) is 2. The van der Waals surface area contributed by atoms with Gasteiger partial charge in [0, 0.05) is 25.9 Å². The Balaban J connectivity index is 1.88. The molecule has 0 radical (unpaired) electrons. The average molecular weight is 262 g/mol. The molecule has 0 aliphatic carbocycles. The highest BCUT2D eigenvalue weighted by Gasteiger charge is 2.04. The van der Waals surface area contributed by atoms with Crippen molar-refractivity contribution in [3.63, 3.8) is 0 Å². The van der Waals surface area contributed by atoms with E-state index in [2.05, 4.69) is 15.7 Å². The Hall–Kier alpha value is -2.37. The fourth-order valence-electron chi connectivity index (χ4n) is 1.64. The molecule has 0 unspecified atom stereocenters. The fraction of sp³-hybridized carbons (Fsp3) is 0.231. The normalized spacial score (nSPS) is 10.3. The Morgan fingerprint density at radius 3 is 2.84 bits per heavy atom. The standard InChI is InChI=1S/C13H15FN4O/c1-9-7-10(3-4-11(9)14)8-15-13(19)16-12-5-6-18(2)17-12/h3-7H,8H2,1-2H3,(H2,15,16,17,19). The van der Waals surface area contributed by atoms with Crippen molar-refractivity contribution in [2.24, 2.45) is 7.05 Å². The zero-order chi connectivity index (χ0) is 13.8. The zero-order valence-corrected chi connectivity index (χ0v) is 10.8. The van der Waals surface area contributed by atoms with Gasteiger partial charge < -0.3 is 5.32 Å². The minimum absolute atomic E-state index is 0.248. The van der Waals surface area contributed by atoms with E-state index in [0.29, 0.717) is 17.9 Å². The molecule has 0 aliphatic rings. The quantitative estimate of drug-likeness (QED) is 0.890. The van der Waals surface area contributed by atoms with Crippen LogP contribution in [0, 0.1) is 12.7 Å². The van der Waals surface area contributed by atoms with Gasteiger partial charge in [-0.05, 0) is 24.1 Å². The summed E-state index contributed by atoms with van der Waals surface area (Å²) in [7, 11) is 1.77. The van der Waals surface area contributed by atoms with Crippen molar-refractivity contribution >= 4 is 11.8 Å². The minimum Gasteiger partial charge on any atom is -0.334 e. The number of hydrogen-bond donors (Lipinski definition) is 2. The van der Waals surface area contributed by atoms with Gasteiger partial charge >= 0.3 is 6.03 Å². The number of urea groups is 1. The lowest BCUT2D eigenvalue weighted by Gasteiger charge is -2.06. The first-order valence-corrected chi connectivity index (χ1v) is 5.84. The van der Waals surface area contributed by atoms with Crippen LogP contribution in [-0.2, 0) is 13.6 Å². The van der Waals surface area contributed by atoms with Gasteiger partial charge in [0.1, 0.15) is 5.82 Å². The first kappa shape index (κ1) is 13.1. The average Bonchev–Trinajstić information content (AvgIpc) is 2.76. The highest BCUT2D eigenvalue weighted by Crippen LogP contribution is 2.09. The second-order valence-electron chi connectivity index (χ2n) is 4.27. The molecule has 0 saturated carbocycles. The number of aromatic nitrogens is 2. The van der Waals surface area contributed by atoms with Gasteiger partial charge in [0.25, 0.3) is 0 Å². The lowest BCUT2D eigenvalue weighted by atomic mass is 10.1. The molecule has 0 bridgehead atoms. The molecule has 0 fully saturated rings. The Labute approximate surface area is 110 Å². The lowest BCUT2D eigenvalue weighted by Crippen LogP contribution is -2.28. The van der Waals surface area contributed by atoms with Gasteiger partial charge in [-0.3, -0.25) is 10.00 Å². The summed E-state index contributed by atoms with van der Waals surface area (Å²) in [5.41, 5.74) is 1.40. The van der Waals surface area contributed by atoms with Crippen molar-refractivity contribution in [2.45, 2.75) is 13.5 Å². The molecule has 6 heteroatoms. The van der Waals surface area contributed by atoms with Gasteiger partial charge in [0.15, 0.2) is 5.82 Å². The molecule has 2 N–H and O–H groups in total. The van der Waals surface area contributed by atoms with Crippen LogP contribution in [0.25, 0.3) is 0 Å². The minimum atomic E-state index is -0.347. The van der Waals surface area contributed by atoms with Crippen LogP contribution in [0.15, 0.2) is 30.5 Å². The number of halogens is 1. The van der Waals surface area contributed by atoms with Gasteiger partial charge in [-0.1, -0.05) is 12.1 Å². The third kappa shape index (κ3) is 3.54. The molecule has 2 rings (SSSR count). The Morgan fingerprint density at radius 1 is 1.42 bits per heavy atom. The third-order valence-corrected chi connectivity index (χ3v) is 2.63. The Bertz CT molecular complexity index is 594. The highest BCUT2D eigenvalue weighted by molar-refractivity contribution is 5.88. The smallest absolute Gasteiger partial charge is 0.320 e. The lowest BCUT2D eigenvalue weighted by molar-refractivity contribution is 0.251. The third-order valence-electron chi connectivity index (χ3n) is 2.63. The number of nitrogens with one attached hydrogen (secondary N) is 2. The number of hydrogen-bond acceptors (Lipinski definition) is 2. The second-order valence-corrected chi connectivity index (χ2v) is 4.27. The molecule has 2 amide bonds. The van der Waals surface area contributed by atoms with E-state index >= 15 is 0 Å². The summed E-state index contributed by atoms with van der Waals surface area (Å²) in [4.78, 5) is 11.6. The van der Waals surface area contributed by atoms with Crippen molar-refractivity contribution in [2.75, 3.05) is 5.32 Å². The van der Waals surface area contributed by atoms with Crippen LogP contribution in [0.5, 0.6) is 0 Å². The van der Waals surface area contributed by atoms with E-state index in [-0.39, 0.29) is 11.8 Å². The molecule has 5 nitrogen and oxygen atoms in total. The number of carbonyl (C=O) groups excluding carboxylic acids is 1. The van der Waals surface area contributed by atoms with Crippen LogP contribution < -0.4 is 10.6 Å². The van der Waals surface area contributed by atoms with Gasteiger partial charge in [-0.2, -0.15) is 5.10 Å². The predicted octanol–water partition coefficient (Wildman–Crippen LogP) is 2.19. The first-order valence-electron chi connectivity index (χ1n) is 5.84. The summed E-state index contributed by atoms with van der Waals surface area (Å²) in [5.74, 6) is 0.233. The van der Waals surface area contributed by atoms with E-state index in [9.17, 15) is 9.18 Å². The molecule has 0 aliphatic heterocycles. The highest BCUT2D eigenvalue weighted by atomic mass is 19.1. The van der Waals surface area contributed by atoms with Crippen molar-refractivity contribution in [1.29, 1.82) is 0 Å². The molecular weight excluding hydrogens is 247 g/mol. The largest absolute Gasteiger partial charge is 0.334 e. The van der Waals surface area contributed by atoms with E-state index < -0.39 is 0 Å². The van der Waals surface area contributed by atoms with E-state index in [1.54, 1.807) is 43.0 Å². The van der Waals surface area contributed by atoms with Crippen LogP contribution in [-0.4, -0.2) is 15.8 Å². The zero-order valence-electron chi connectivity index (χ0n) is 10.8. The van der Waals surface area contributed by atoms with Crippen molar-refractivity contribution in [3.8, 4) is 0 Å². The van der Waals surface area contributed by atoms with E-state index in [0.717, 1.165) is 5.56 Å².